The molecule has 0 aromatic carbocycles. The molecule has 0 unspecified atom stereocenters. The maximum Gasteiger partial charge on any atom is 0.434 e. The van der Waals surface area contributed by atoms with Crippen LogP contribution >= 0.6 is 0 Å². The molecule has 2 atom stereocenters. The Hall–Kier alpha value is -2.09. The van der Waals surface area contributed by atoms with Gasteiger partial charge in [0.1, 0.15) is 6.04 Å². The van der Waals surface area contributed by atoms with E-state index in [1.165, 1.54) is 4.90 Å². The number of aliphatic hydroxyl groups excluding tert-OH is 1. The minimum Gasteiger partial charge on any atom is -0.505 e. The highest BCUT2D eigenvalue weighted by Crippen LogP contribution is 2.35. The normalized spacial score (nSPS) is 25.8. The number of amides is 2. The number of rotatable bonds is 4. The van der Waals surface area contributed by atoms with Crippen LogP contribution in [0.2, 0.25) is 0 Å². The Labute approximate surface area is 114 Å². The molecule has 0 spiro atoms. The second-order valence-corrected chi connectivity index (χ2v) is 4.76. The maximum absolute atomic E-state index is 13.4. The van der Waals surface area contributed by atoms with Crippen molar-refractivity contribution in [2.24, 2.45) is 5.73 Å². The van der Waals surface area contributed by atoms with E-state index >= 15 is 0 Å². The first-order valence-corrected chi connectivity index (χ1v) is 5.83. The summed E-state index contributed by atoms with van der Waals surface area (Å²) in [5.41, 5.74) is 6.49. The average Bonchev–Trinajstić information content (AvgIpc) is 2.59. The molecule has 0 saturated carbocycles. The van der Waals surface area contributed by atoms with E-state index in [4.69, 9.17) is 10.8 Å². The molecule has 2 aliphatic rings. The largest absolute Gasteiger partial charge is 0.505 e. The monoisotopic (exact) mass is 287 g/mol. The summed E-state index contributed by atoms with van der Waals surface area (Å²) in [5.74, 6) is -1.47. The quantitative estimate of drug-likeness (QED) is 0.606. The fourth-order valence-corrected chi connectivity index (χ4v) is 2.20. The number of carbonyl (C=O) groups is 1. The lowest BCUT2D eigenvalue weighted by atomic mass is 10.0. The second-order valence-electron chi connectivity index (χ2n) is 4.76. The Bertz CT molecular complexity index is 518. The summed E-state index contributed by atoms with van der Waals surface area (Å²) in [6, 6.07) is -1.98. The predicted molar refractivity (Wildman–Crippen MR) is 66.4 cm³/mol. The first-order valence-electron chi connectivity index (χ1n) is 5.83. The minimum atomic E-state index is -4.04. The summed E-state index contributed by atoms with van der Waals surface area (Å²) in [6.45, 7) is 8.13. The third-order valence-electron chi connectivity index (χ3n) is 3.30. The number of halogens is 2. The van der Waals surface area contributed by atoms with Crippen molar-refractivity contribution in [3.05, 3.63) is 36.3 Å². The summed E-state index contributed by atoms with van der Waals surface area (Å²) in [5, 5.41) is 9.34. The number of hydrogen-bond donors (Lipinski definition) is 2. The van der Waals surface area contributed by atoms with Crippen molar-refractivity contribution in [1.82, 2.24) is 9.96 Å². The van der Waals surface area contributed by atoms with Crippen LogP contribution in [0.25, 0.3) is 0 Å². The van der Waals surface area contributed by atoms with Crippen molar-refractivity contribution in [1.29, 1.82) is 0 Å². The molecule has 2 bridgehead atoms. The van der Waals surface area contributed by atoms with E-state index in [9.17, 15) is 13.6 Å². The van der Waals surface area contributed by atoms with Gasteiger partial charge in [0.05, 0.1) is 12.6 Å². The first kappa shape index (κ1) is 14.3. The number of fused-ring (bicyclic) bond motifs is 2. The van der Waals surface area contributed by atoms with Crippen LogP contribution in [-0.2, 0) is 4.84 Å². The molecule has 1 fully saturated rings. The lowest BCUT2D eigenvalue weighted by molar-refractivity contribution is -0.326. The summed E-state index contributed by atoms with van der Waals surface area (Å²) < 4.78 is 26.7. The minimum absolute atomic E-state index is 0.163. The molecule has 20 heavy (non-hydrogen) atoms. The van der Waals surface area contributed by atoms with Gasteiger partial charge in [0, 0.05) is 5.70 Å². The number of hydroxylamine groups is 2. The summed E-state index contributed by atoms with van der Waals surface area (Å²) in [4.78, 5) is 17.7. The van der Waals surface area contributed by atoms with Crippen molar-refractivity contribution in [2.75, 3.05) is 6.54 Å². The number of hydrogen-bond acceptors (Lipinski definition) is 4. The molecule has 2 aliphatic heterocycles. The van der Waals surface area contributed by atoms with Crippen LogP contribution in [0.3, 0.4) is 0 Å². The molecule has 0 aliphatic carbocycles. The topological polar surface area (TPSA) is 79.0 Å². The number of alkyl halides is 2. The molecule has 2 rings (SSSR count). The van der Waals surface area contributed by atoms with Crippen LogP contribution in [-0.4, -0.2) is 45.8 Å². The van der Waals surface area contributed by atoms with Gasteiger partial charge in [-0.3, -0.25) is 0 Å². The summed E-state index contributed by atoms with van der Waals surface area (Å²) in [6.07, 6.45) is -2.37. The van der Waals surface area contributed by atoms with Crippen LogP contribution in [0, 0.1) is 0 Å². The Balaban J connectivity index is 2.28. The van der Waals surface area contributed by atoms with E-state index in [0.717, 1.165) is 0 Å². The van der Waals surface area contributed by atoms with Gasteiger partial charge in [-0.15, -0.1) is 0 Å². The number of aliphatic hydroxyl groups is 1. The Morgan fingerprint density at radius 1 is 1.60 bits per heavy atom. The van der Waals surface area contributed by atoms with Gasteiger partial charge in [0.25, 0.3) is 0 Å². The average molecular weight is 287 g/mol. The molecular formula is C12H15F2N3O3. The van der Waals surface area contributed by atoms with Crippen molar-refractivity contribution < 1.29 is 23.5 Å². The zero-order valence-corrected chi connectivity index (χ0v) is 10.8. The molecule has 3 N–H and O–H groups in total. The van der Waals surface area contributed by atoms with Crippen molar-refractivity contribution >= 4 is 6.03 Å². The smallest absolute Gasteiger partial charge is 0.434 e. The Morgan fingerprint density at radius 2 is 2.20 bits per heavy atom. The number of nitrogens with zero attached hydrogens (tertiary/aromatic N) is 2. The zero-order chi connectivity index (χ0) is 15.2. The van der Waals surface area contributed by atoms with Crippen LogP contribution in [0.1, 0.15) is 6.92 Å². The van der Waals surface area contributed by atoms with E-state index in [1.54, 1.807) is 13.0 Å². The van der Waals surface area contributed by atoms with Gasteiger partial charge in [0.15, 0.2) is 5.76 Å². The van der Waals surface area contributed by atoms with E-state index in [-0.39, 0.29) is 12.2 Å². The lowest BCUT2D eigenvalue weighted by Crippen LogP contribution is -2.42. The highest BCUT2D eigenvalue weighted by atomic mass is 19.3. The molecule has 1 saturated heterocycles. The predicted octanol–water partition coefficient (Wildman–Crippen LogP) is 1.49. The molecule has 0 aromatic heterocycles. The molecule has 0 radical (unpaired) electrons. The van der Waals surface area contributed by atoms with Gasteiger partial charge in [-0.1, -0.05) is 19.2 Å². The highest BCUT2D eigenvalue weighted by Gasteiger charge is 2.50. The maximum atomic E-state index is 13.4. The van der Waals surface area contributed by atoms with Gasteiger partial charge in [-0.25, -0.2) is 4.79 Å². The fraction of sp³-hybridized carbons (Fsp3) is 0.417. The van der Waals surface area contributed by atoms with Gasteiger partial charge < -0.3 is 15.7 Å². The van der Waals surface area contributed by atoms with E-state index in [1.807, 2.05) is 0 Å². The fourth-order valence-electron chi connectivity index (χ4n) is 2.20. The third kappa shape index (κ3) is 2.11. The molecule has 8 heteroatoms. The highest BCUT2D eigenvalue weighted by molar-refractivity contribution is 5.79. The molecule has 2 amide bonds. The van der Waals surface area contributed by atoms with Gasteiger partial charge in [-0.05, 0) is 12.5 Å². The van der Waals surface area contributed by atoms with E-state index in [0.29, 0.717) is 10.6 Å². The van der Waals surface area contributed by atoms with E-state index < -0.39 is 30.0 Å². The van der Waals surface area contributed by atoms with Gasteiger partial charge in [-0.2, -0.15) is 18.7 Å². The molecule has 6 nitrogen and oxygen atoms in total. The first-order chi connectivity index (χ1) is 9.15. The third-order valence-corrected chi connectivity index (χ3v) is 3.30. The van der Waals surface area contributed by atoms with Crippen LogP contribution in [0.5, 0.6) is 0 Å². The second kappa shape index (κ2) is 4.48. The van der Waals surface area contributed by atoms with Crippen molar-refractivity contribution in [3.63, 3.8) is 0 Å². The zero-order valence-electron chi connectivity index (χ0n) is 10.8. The van der Waals surface area contributed by atoms with Gasteiger partial charge in [0.2, 0.25) is 0 Å². The summed E-state index contributed by atoms with van der Waals surface area (Å²) in [7, 11) is 0. The Kier molecular flexibility index (Phi) is 3.21. The Morgan fingerprint density at radius 3 is 2.70 bits per heavy atom. The lowest BCUT2D eigenvalue weighted by Gasteiger charge is -2.28. The standard InChI is InChI=1S/C12H15F2N3O3/c1-6-4-9(7(2)15)16-5-10(6)17(11(16)19)20-12(13,14)8(3)18/h4,9-10,18H,2-3,5,15H2,1H3/t9-,10-/m0/s1. The number of carbonyl (C=O) groups excluding carboxylic acids is 1. The molecule has 110 valence electrons. The van der Waals surface area contributed by atoms with E-state index in [2.05, 4.69) is 18.0 Å². The molecule has 2 heterocycles. The van der Waals surface area contributed by atoms with Crippen molar-refractivity contribution in [3.8, 4) is 0 Å². The molecular weight excluding hydrogens is 272 g/mol. The molecule has 0 aromatic rings. The van der Waals surface area contributed by atoms with Crippen molar-refractivity contribution in [2.45, 2.75) is 25.1 Å². The van der Waals surface area contributed by atoms with Crippen LogP contribution in [0.15, 0.2) is 36.3 Å². The van der Waals surface area contributed by atoms with Gasteiger partial charge >= 0.3 is 12.1 Å². The number of nitrogens with two attached hydrogens (primary N) is 1. The number of urea groups is 1. The van der Waals surface area contributed by atoms with Crippen LogP contribution in [0.4, 0.5) is 13.6 Å². The SMILES string of the molecule is C=C(N)[C@@H]1C=C(C)[C@@H]2CN1C(=O)N2OC(F)(F)C(=C)O. The summed E-state index contributed by atoms with van der Waals surface area (Å²) >= 11 is 0. The van der Waals surface area contributed by atoms with Crippen LogP contribution < -0.4 is 5.73 Å².